The monoisotopic (exact) mass is 376 g/mol. The largest absolute Gasteiger partial charge is 0.285 e. The van der Waals surface area contributed by atoms with Crippen LogP contribution in [0.3, 0.4) is 0 Å². The number of fused-ring (bicyclic) bond motifs is 2. The fourth-order valence-electron chi connectivity index (χ4n) is 2.89. The van der Waals surface area contributed by atoms with Crippen molar-refractivity contribution in [3.63, 3.8) is 0 Å². The van der Waals surface area contributed by atoms with Crippen LogP contribution in [0, 0.1) is 0 Å². The molecule has 0 aliphatic carbocycles. The average molecular weight is 376 g/mol. The molecule has 5 aromatic rings. The minimum atomic E-state index is 0.669. The van der Waals surface area contributed by atoms with Gasteiger partial charge in [0.1, 0.15) is 0 Å². The van der Waals surface area contributed by atoms with Crippen LogP contribution in [0.1, 0.15) is 0 Å². The predicted octanol–water partition coefficient (Wildman–Crippen LogP) is 2.35. The molecule has 0 amide bonds. The first kappa shape index (κ1) is 15.8. The maximum absolute atomic E-state index is 9.87. The Labute approximate surface area is 157 Å². The zero-order chi connectivity index (χ0) is 18.4. The zero-order valence-electron chi connectivity index (χ0n) is 14.3. The second kappa shape index (κ2) is 6.06. The van der Waals surface area contributed by atoms with E-state index in [2.05, 4.69) is 20.4 Å². The molecule has 0 saturated heterocycles. The van der Waals surface area contributed by atoms with Gasteiger partial charge in [0.2, 0.25) is 11.4 Å². The number of aromatic nitrogens is 7. The first-order chi connectivity index (χ1) is 13.2. The van der Waals surface area contributed by atoms with Crippen LogP contribution in [-0.4, -0.2) is 34.8 Å². The van der Waals surface area contributed by atoms with E-state index in [0.717, 1.165) is 31.8 Å². The lowest BCUT2D eigenvalue weighted by Crippen LogP contribution is -2.29. The summed E-state index contributed by atoms with van der Waals surface area (Å²) in [5.41, 5.74) is 3.16. The summed E-state index contributed by atoms with van der Waals surface area (Å²) in [6.45, 7) is 0. The fourth-order valence-corrected chi connectivity index (χ4v) is 3.73. The van der Waals surface area contributed by atoms with E-state index in [-0.39, 0.29) is 0 Å². The molecule has 0 bridgehead atoms. The maximum Gasteiger partial charge on any atom is 0.264 e. The predicted molar refractivity (Wildman–Crippen MR) is 98.4 cm³/mol. The third kappa shape index (κ3) is 2.77. The van der Waals surface area contributed by atoms with Crippen molar-refractivity contribution in [1.82, 2.24) is 29.6 Å². The molecule has 0 spiro atoms. The molecule has 8 nitrogen and oxygen atoms in total. The molecule has 0 atom stereocenters. The summed E-state index contributed by atoms with van der Waals surface area (Å²) in [6, 6.07) is 13.4. The summed E-state index contributed by atoms with van der Waals surface area (Å²) < 4.78 is 4.58. The van der Waals surface area contributed by atoms with E-state index < -0.39 is 0 Å². The molecule has 27 heavy (non-hydrogen) atoms. The Morgan fingerprint density at radius 1 is 1.11 bits per heavy atom. The fraction of sp³-hybridized carbons (Fsp3) is 0.0556. The van der Waals surface area contributed by atoms with Gasteiger partial charge >= 0.3 is 0 Å². The van der Waals surface area contributed by atoms with Gasteiger partial charge in [-0.15, -0.1) is 10.2 Å². The number of pyridine rings is 1. The highest BCUT2D eigenvalue weighted by molar-refractivity contribution is 7.99. The Hall–Kier alpha value is -3.46. The Bertz CT molecular complexity index is 1290. The van der Waals surface area contributed by atoms with E-state index in [1.807, 2.05) is 49.6 Å². The molecule has 1 aromatic carbocycles. The summed E-state index contributed by atoms with van der Waals surface area (Å²) in [6.07, 6.45) is 5.29. The summed E-state index contributed by atoms with van der Waals surface area (Å²) in [5.74, 6) is 0. The van der Waals surface area contributed by atoms with Gasteiger partial charge in [0.15, 0.2) is 5.65 Å². The number of nitrogens with zero attached hydrogens (tertiary/aromatic N) is 7. The number of hydrogen-bond donors (Lipinski definition) is 1. The van der Waals surface area contributed by atoms with Crippen LogP contribution in [0.15, 0.2) is 71.1 Å². The van der Waals surface area contributed by atoms with Crippen LogP contribution < -0.4 is 4.73 Å². The number of aryl methyl sites for hydroxylation is 1. The van der Waals surface area contributed by atoms with Crippen molar-refractivity contribution in [3.05, 3.63) is 61.1 Å². The SMILES string of the molecule is Cn1cc(-c2ccc3nnc(Sc4ccc5c(ccc[n+]5O)c4)n3n2)cn1. The van der Waals surface area contributed by atoms with Gasteiger partial charge in [0.05, 0.1) is 17.3 Å². The highest BCUT2D eigenvalue weighted by Crippen LogP contribution is 2.28. The van der Waals surface area contributed by atoms with Crippen molar-refractivity contribution >= 4 is 28.3 Å². The molecule has 132 valence electrons. The lowest BCUT2D eigenvalue weighted by molar-refractivity contribution is -0.884. The molecule has 0 aliphatic heterocycles. The summed E-state index contributed by atoms with van der Waals surface area (Å²) in [5, 5.41) is 28.8. The van der Waals surface area contributed by atoms with E-state index in [9.17, 15) is 5.21 Å². The highest BCUT2D eigenvalue weighted by Gasteiger charge is 2.13. The Morgan fingerprint density at radius 2 is 2.04 bits per heavy atom. The quantitative estimate of drug-likeness (QED) is 0.384. The summed E-state index contributed by atoms with van der Waals surface area (Å²) in [4.78, 5) is 0.983. The van der Waals surface area contributed by atoms with Gasteiger partial charge in [-0.3, -0.25) is 9.89 Å². The Morgan fingerprint density at radius 3 is 2.89 bits per heavy atom. The second-order valence-corrected chi connectivity index (χ2v) is 7.09. The molecule has 0 radical (unpaired) electrons. The normalized spacial score (nSPS) is 11.4. The summed E-state index contributed by atoms with van der Waals surface area (Å²) >= 11 is 1.47. The molecule has 0 aliphatic rings. The lowest BCUT2D eigenvalue weighted by Gasteiger charge is -2.02. The van der Waals surface area contributed by atoms with Crippen molar-refractivity contribution in [1.29, 1.82) is 0 Å². The van der Waals surface area contributed by atoms with Crippen molar-refractivity contribution in [3.8, 4) is 11.3 Å². The number of rotatable bonds is 3. The highest BCUT2D eigenvalue weighted by atomic mass is 32.2. The smallest absolute Gasteiger partial charge is 0.264 e. The third-order valence-electron chi connectivity index (χ3n) is 4.19. The Balaban J connectivity index is 1.55. The molecule has 5 rings (SSSR count). The second-order valence-electron chi connectivity index (χ2n) is 6.05. The van der Waals surface area contributed by atoms with Crippen molar-refractivity contribution in [2.75, 3.05) is 0 Å². The molecular formula is C18H14N7OS+. The Kier molecular flexibility index (Phi) is 3.54. The van der Waals surface area contributed by atoms with E-state index >= 15 is 0 Å². The maximum atomic E-state index is 9.87. The van der Waals surface area contributed by atoms with Gasteiger partial charge in [-0.2, -0.15) is 14.7 Å². The van der Waals surface area contributed by atoms with Gasteiger partial charge < -0.3 is 0 Å². The van der Waals surface area contributed by atoms with Gasteiger partial charge in [0.25, 0.3) is 5.52 Å². The van der Waals surface area contributed by atoms with Crippen LogP contribution in [0.25, 0.3) is 27.8 Å². The molecule has 9 heteroatoms. The first-order valence-electron chi connectivity index (χ1n) is 8.20. The molecule has 0 fully saturated rings. The number of benzene rings is 1. The van der Waals surface area contributed by atoms with E-state index in [4.69, 9.17) is 0 Å². The van der Waals surface area contributed by atoms with Crippen LogP contribution in [0.5, 0.6) is 0 Å². The average Bonchev–Trinajstić information content (AvgIpc) is 3.28. The third-order valence-corrected chi connectivity index (χ3v) is 5.12. The van der Waals surface area contributed by atoms with Crippen LogP contribution in [-0.2, 0) is 7.05 Å². The van der Waals surface area contributed by atoms with Crippen molar-refractivity contribution in [2.24, 2.45) is 7.05 Å². The molecule has 4 heterocycles. The standard InChI is InChI=1S/C18H14N7OS/c1-23-11-13(10-19-23)15-5-7-17-20-21-18(25(17)22-15)27-14-4-6-16-12(9-14)3-2-8-24(16)26/h2-11,26H,1H3/q+1. The topological polar surface area (TPSA) is 85.0 Å². The van der Waals surface area contributed by atoms with E-state index in [1.165, 1.54) is 11.8 Å². The van der Waals surface area contributed by atoms with Crippen LogP contribution in [0.4, 0.5) is 0 Å². The minimum Gasteiger partial charge on any atom is -0.285 e. The van der Waals surface area contributed by atoms with Gasteiger partial charge in [0, 0.05) is 40.6 Å². The molecule has 1 N–H and O–H groups in total. The van der Waals surface area contributed by atoms with Crippen molar-refractivity contribution < 1.29 is 9.94 Å². The molecule has 0 unspecified atom stereocenters. The van der Waals surface area contributed by atoms with Gasteiger partial charge in [-0.25, -0.2) is 0 Å². The number of hydrogen-bond acceptors (Lipinski definition) is 6. The molecule has 0 saturated carbocycles. The summed E-state index contributed by atoms with van der Waals surface area (Å²) in [7, 11) is 1.87. The molecular weight excluding hydrogens is 362 g/mol. The van der Waals surface area contributed by atoms with Crippen LogP contribution >= 0.6 is 11.8 Å². The van der Waals surface area contributed by atoms with Gasteiger partial charge in [-0.05, 0) is 42.1 Å². The molecule has 4 aromatic heterocycles. The first-order valence-corrected chi connectivity index (χ1v) is 9.02. The minimum absolute atomic E-state index is 0.669. The van der Waals surface area contributed by atoms with Gasteiger partial charge in [-0.1, -0.05) is 0 Å². The van der Waals surface area contributed by atoms with Crippen LogP contribution in [0.2, 0.25) is 0 Å². The van der Waals surface area contributed by atoms with E-state index in [0.29, 0.717) is 10.8 Å². The van der Waals surface area contributed by atoms with Crippen molar-refractivity contribution in [2.45, 2.75) is 10.1 Å². The zero-order valence-corrected chi connectivity index (χ0v) is 15.1. The van der Waals surface area contributed by atoms with E-state index in [1.54, 1.807) is 27.7 Å². The lowest BCUT2D eigenvalue weighted by atomic mass is 10.2.